The van der Waals surface area contributed by atoms with Crippen LogP contribution in [0.2, 0.25) is 0 Å². The van der Waals surface area contributed by atoms with Crippen LogP contribution in [0.1, 0.15) is 39.0 Å². The fraction of sp³-hybridized carbons (Fsp3) is 0.833. The SMILES string of the molecule is CC(=O)N1CCC(C(=O)NC2CCCC2)C1. The molecule has 0 aromatic carbocycles. The van der Waals surface area contributed by atoms with Crippen LogP contribution in [0.15, 0.2) is 0 Å². The van der Waals surface area contributed by atoms with Crippen LogP contribution >= 0.6 is 0 Å². The van der Waals surface area contributed by atoms with Crippen LogP contribution < -0.4 is 5.32 Å². The maximum absolute atomic E-state index is 11.9. The van der Waals surface area contributed by atoms with Crippen LogP contribution in [0.25, 0.3) is 0 Å². The van der Waals surface area contributed by atoms with Gasteiger partial charge in [-0.05, 0) is 19.3 Å². The van der Waals surface area contributed by atoms with E-state index in [-0.39, 0.29) is 17.7 Å². The Bertz CT molecular complexity index is 285. The van der Waals surface area contributed by atoms with Crippen molar-refractivity contribution in [1.82, 2.24) is 10.2 Å². The summed E-state index contributed by atoms with van der Waals surface area (Å²) in [6.07, 6.45) is 5.52. The van der Waals surface area contributed by atoms with Gasteiger partial charge in [-0.1, -0.05) is 12.8 Å². The zero-order valence-electron chi connectivity index (χ0n) is 9.87. The molecule has 0 spiro atoms. The van der Waals surface area contributed by atoms with E-state index in [4.69, 9.17) is 0 Å². The molecule has 2 aliphatic rings. The standard InChI is InChI=1S/C12H20N2O2/c1-9(15)14-7-6-10(8-14)12(16)13-11-4-2-3-5-11/h10-11H,2-8H2,1H3,(H,13,16). The molecule has 1 aliphatic heterocycles. The van der Waals surface area contributed by atoms with Gasteiger partial charge in [0.15, 0.2) is 0 Å². The normalized spacial score (nSPS) is 26.1. The Labute approximate surface area is 96.4 Å². The van der Waals surface area contributed by atoms with Crippen LogP contribution in [0.5, 0.6) is 0 Å². The molecule has 2 amide bonds. The fourth-order valence-electron chi connectivity index (χ4n) is 2.65. The van der Waals surface area contributed by atoms with Crippen LogP contribution in [0.4, 0.5) is 0 Å². The molecule has 0 bridgehead atoms. The van der Waals surface area contributed by atoms with E-state index < -0.39 is 0 Å². The summed E-state index contributed by atoms with van der Waals surface area (Å²) >= 11 is 0. The van der Waals surface area contributed by atoms with Gasteiger partial charge in [0.2, 0.25) is 11.8 Å². The monoisotopic (exact) mass is 224 g/mol. The summed E-state index contributed by atoms with van der Waals surface area (Å²) in [6, 6.07) is 0.388. The van der Waals surface area contributed by atoms with Crippen molar-refractivity contribution in [2.75, 3.05) is 13.1 Å². The number of nitrogens with one attached hydrogen (secondary N) is 1. The highest BCUT2D eigenvalue weighted by atomic mass is 16.2. The molecule has 1 aliphatic carbocycles. The molecule has 0 aromatic heterocycles. The number of carbonyl (C=O) groups excluding carboxylic acids is 2. The van der Waals surface area contributed by atoms with Crippen molar-refractivity contribution in [2.45, 2.75) is 45.1 Å². The number of amides is 2. The molecule has 1 saturated carbocycles. The third-order valence-corrected chi connectivity index (χ3v) is 3.71. The molecule has 1 N–H and O–H groups in total. The number of nitrogens with zero attached hydrogens (tertiary/aromatic N) is 1. The highest BCUT2D eigenvalue weighted by Gasteiger charge is 2.30. The van der Waals surface area contributed by atoms with Gasteiger partial charge >= 0.3 is 0 Å². The lowest BCUT2D eigenvalue weighted by atomic mass is 10.1. The lowest BCUT2D eigenvalue weighted by Gasteiger charge is -2.16. The van der Waals surface area contributed by atoms with Crippen molar-refractivity contribution in [2.24, 2.45) is 5.92 Å². The van der Waals surface area contributed by atoms with Crippen molar-refractivity contribution in [3.8, 4) is 0 Å². The second-order valence-electron chi connectivity index (χ2n) is 4.94. The fourth-order valence-corrected chi connectivity index (χ4v) is 2.65. The third kappa shape index (κ3) is 2.54. The Balaban J connectivity index is 1.79. The van der Waals surface area contributed by atoms with Crippen molar-refractivity contribution < 1.29 is 9.59 Å². The van der Waals surface area contributed by atoms with Gasteiger partial charge in [-0.15, -0.1) is 0 Å². The first-order valence-electron chi connectivity index (χ1n) is 6.22. The van der Waals surface area contributed by atoms with Crippen molar-refractivity contribution >= 4 is 11.8 Å². The minimum Gasteiger partial charge on any atom is -0.353 e. The Morgan fingerprint density at radius 2 is 1.88 bits per heavy atom. The van der Waals surface area contributed by atoms with Gasteiger partial charge in [0.25, 0.3) is 0 Å². The summed E-state index contributed by atoms with van der Waals surface area (Å²) < 4.78 is 0. The number of hydrogen-bond acceptors (Lipinski definition) is 2. The highest BCUT2D eigenvalue weighted by Crippen LogP contribution is 2.20. The maximum Gasteiger partial charge on any atom is 0.225 e. The average molecular weight is 224 g/mol. The largest absolute Gasteiger partial charge is 0.353 e. The van der Waals surface area contributed by atoms with Gasteiger partial charge in [-0.25, -0.2) is 0 Å². The van der Waals surface area contributed by atoms with Gasteiger partial charge in [0, 0.05) is 26.1 Å². The van der Waals surface area contributed by atoms with Gasteiger partial charge in [0.1, 0.15) is 0 Å². The van der Waals surface area contributed by atoms with Crippen LogP contribution in [-0.4, -0.2) is 35.8 Å². The van der Waals surface area contributed by atoms with Crippen molar-refractivity contribution in [1.29, 1.82) is 0 Å². The first-order valence-corrected chi connectivity index (χ1v) is 6.22. The molecular formula is C12H20N2O2. The van der Waals surface area contributed by atoms with Crippen LogP contribution in [0.3, 0.4) is 0 Å². The van der Waals surface area contributed by atoms with Crippen molar-refractivity contribution in [3.05, 3.63) is 0 Å². The van der Waals surface area contributed by atoms with Gasteiger partial charge < -0.3 is 10.2 Å². The number of rotatable bonds is 2. The van der Waals surface area contributed by atoms with Gasteiger partial charge in [-0.3, -0.25) is 9.59 Å². The second kappa shape index (κ2) is 4.85. The number of likely N-dealkylation sites (tertiary alicyclic amines) is 1. The molecule has 1 unspecified atom stereocenters. The Morgan fingerprint density at radius 1 is 1.19 bits per heavy atom. The summed E-state index contributed by atoms with van der Waals surface area (Å²) in [5, 5.41) is 3.10. The highest BCUT2D eigenvalue weighted by molar-refractivity contribution is 5.81. The molecule has 4 heteroatoms. The van der Waals surface area contributed by atoms with E-state index in [1.165, 1.54) is 12.8 Å². The number of hydrogen-bond donors (Lipinski definition) is 1. The van der Waals surface area contributed by atoms with E-state index in [9.17, 15) is 9.59 Å². The predicted molar refractivity (Wildman–Crippen MR) is 60.8 cm³/mol. The summed E-state index contributed by atoms with van der Waals surface area (Å²) in [4.78, 5) is 24.8. The van der Waals surface area contributed by atoms with Crippen LogP contribution in [0, 0.1) is 5.92 Å². The van der Waals surface area contributed by atoms with E-state index in [2.05, 4.69) is 5.32 Å². The van der Waals surface area contributed by atoms with E-state index >= 15 is 0 Å². The molecule has 1 saturated heterocycles. The molecule has 2 fully saturated rings. The van der Waals surface area contributed by atoms with E-state index in [1.807, 2.05) is 0 Å². The van der Waals surface area contributed by atoms with Gasteiger partial charge in [-0.2, -0.15) is 0 Å². The van der Waals surface area contributed by atoms with Crippen molar-refractivity contribution in [3.63, 3.8) is 0 Å². The molecule has 16 heavy (non-hydrogen) atoms. The molecule has 1 atom stereocenters. The number of carbonyl (C=O) groups is 2. The topological polar surface area (TPSA) is 49.4 Å². The van der Waals surface area contributed by atoms with E-state index in [1.54, 1.807) is 11.8 Å². The smallest absolute Gasteiger partial charge is 0.225 e. The molecule has 90 valence electrons. The lowest BCUT2D eigenvalue weighted by molar-refractivity contribution is -0.128. The Kier molecular flexibility index (Phi) is 3.46. The lowest BCUT2D eigenvalue weighted by Crippen LogP contribution is -2.38. The molecular weight excluding hydrogens is 204 g/mol. The first kappa shape index (κ1) is 11.4. The summed E-state index contributed by atoms with van der Waals surface area (Å²) in [5.74, 6) is 0.247. The maximum atomic E-state index is 11.9. The molecule has 0 aromatic rings. The van der Waals surface area contributed by atoms with Crippen LogP contribution in [-0.2, 0) is 9.59 Å². The quantitative estimate of drug-likeness (QED) is 0.758. The first-order chi connectivity index (χ1) is 7.66. The molecule has 1 heterocycles. The minimum absolute atomic E-state index is 0.0181. The Hall–Kier alpha value is -1.06. The van der Waals surface area contributed by atoms with Gasteiger partial charge in [0.05, 0.1) is 5.92 Å². The summed E-state index contributed by atoms with van der Waals surface area (Å²) in [5.41, 5.74) is 0. The minimum atomic E-state index is 0.0181. The second-order valence-corrected chi connectivity index (χ2v) is 4.94. The third-order valence-electron chi connectivity index (χ3n) is 3.71. The molecule has 2 rings (SSSR count). The zero-order valence-corrected chi connectivity index (χ0v) is 9.87. The summed E-state index contributed by atoms with van der Waals surface area (Å²) in [7, 11) is 0. The Morgan fingerprint density at radius 3 is 2.44 bits per heavy atom. The summed E-state index contributed by atoms with van der Waals surface area (Å²) in [6.45, 7) is 2.91. The van der Waals surface area contributed by atoms with E-state index in [0.717, 1.165) is 25.8 Å². The molecule has 0 radical (unpaired) electrons. The zero-order chi connectivity index (χ0) is 11.5. The molecule has 4 nitrogen and oxygen atoms in total. The van der Waals surface area contributed by atoms with E-state index in [0.29, 0.717) is 12.6 Å². The average Bonchev–Trinajstić information content (AvgIpc) is 2.86. The predicted octanol–water partition coefficient (Wildman–Crippen LogP) is 0.914.